The number of aromatic nitrogens is 1. The van der Waals surface area contributed by atoms with E-state index >= 15 is 0 Å². The summed E-state index contributed by atoms with van der Waals surface area (Å²) in [6, 6.07) is 17.6. The van der Waals surface area contributed by atoms with Gasteiger partial charge in [-0.1, -0.05) is 36.4 Å². The number of hydrogen-bond acceptors (Lipinski definition) is 5. The fourth-order valence-electron chi connectivity index (χ4n) is 3.55. The number of nitrogens with zero attached hydrogens (tertiary/aromatic N) is 5. The van der Waals surface area contributed by atoms with E-state index in [9.17, 15) is 4.79 Å². The SMILES string of the molecule is C=NN(C)/N=C(\N)c1cccc2c1CN(CCc1ccc3ccccc3n1)C2=O. The molecule has 0 unspecified atom stereocenters. The summed E-state index contributed by atoms with van der Waals surface area (Å²) < 4.78 is 0. The van der Waals surface area contributed by atoms with Crippen molar-refractivity contribution in [3.05, 3.63) is 77.0 Å². The van der Waals surface area contributed by atoms with E-state index in [1.54, 1.807) is 7.05 Å². The molecule has 29 heavy (non-hydrogen) atoms. The van der Waals surface area contributed by atoms with E-state index in [0.717, 1.165) is 27.7 Å². The summed E-state index contributed by atoms with van der Waals surface area (Å²) >= 11 is 0. The molecule has 3 aromatic rings. The van der Waals surface area contributed by atoms with Crippen molar-refractivity contribution >= 4 is 29.4 Å². The standard InChI is InChI=1S/C22H22N6O/c1-24-27(2)26-21(23)17-7-5-8-18-19(17)14-28(22(18)29)13-12-16-11-10-15-6-3-4-9-20(15)25-16/h3-11H,1,12-14H2,2H3,(H2,23,26). The van der Waals surface area contributed by atoms with Gasteiger partial charge < -0.3 is 10.6 Å². The highest BCUT2D eigenvalue weighted by atomic mass is 16.2. The summed E-state index contributed by atoms with van der Waals surface area (Å²) in [6.07, 6.45) is 0.687. The van der Waals surface area contributed by atoms with Gasteiger partial charge in [0.25, 0.3) is 5.91 Å². The topological polar surface area (TPSA) is 87.2 Å². The molecule has 0 radical (unpaired) electrons. The Hall–Kier alpha value is -3.74. The highest BCUT2D eigenvalue weighted by Crippen LogP contribution is 2.26. The summed E-state index contributed by atoms with van der Waals surface area (Å²) in [4.78, 5) is 19.4. The lowest BCUT2D eigenvalue weighted by Crippen LogP contribution is -2.26. The third-order valence-corrected chi connectivity index (χ3v) is 5.07. The zero-order valence-electron chi connectivity index (χ0n) is 16.2. The molecule has 7 nitrogen and oxygen atoms in total. The first-order valence-corrected chi connectivity index (χ1v) is 9.37. The minimum atomic E-state index is 0.00522. The largest absolute Gasteiger partial charge is 0.382 e. The van der Waals surface area contributed by atoms with Gasteiger partial charge in [0, 0.05) is 55.5 Å². The van der Waals surface area contributed by atoms with Crippen LogP contribution in [0.3, 0.4) is 0 Å². The molecule has 2 heterocycles. The number of pyridine rings is 1. The van der Waals surface area contributed by atoms with Crippen LogP contribution >= 0.6 is 0 Å². The molecule has 0 atom stereocenters. The van der Waals surface area contributed by atoms with Crippen molar-refractivity contribution in [1.29, 1.82) is 0 Å². The maximum atomic E-state index is 12.9. The van der Waals surface area contributed by atoms with Crippen LogP contribution in [0, 0.1) is 0 Å². The van der Waals surface area contributed by atoms with Crippen molar-refractivity contribution in [1.82, 2.24) is 15.0 Å². The monoisotopic (exact) mass is 386 g/mol. The number of nitrogens with two attached hydrogens (primary N) is 1. The number of hydrogen-bond donors (Lipinski definition) is 1. The highest BCUT2D eigenvalue weighted by molar-refractivity contribution is 6.05. The molecule has 0 saturated heterocycles. The lowest BCUT2D eigenvalue weighted by Gasteiger charge is -2.15. The first kappa shape index (κ1) is 18.6. The molecule has 1 aliphatic heterocycles. The molecular weight excluding hydrogens is 364 g/mol. The Bertz CT molecular complexity index is 1120. The smallest absolute Gasteiger partial charge is 0.254 e. The van der Waals surface area contributed by atoms with Crippen molar-refractivity contribution in [2.24, 2.45) is 15.9 Å². The lowest BCUT2D eigenvalue weighted by molar-refractivity contribution is 0.0780. The van der Waals surface area contributed by atoms with Gasteiger partial charge in [0.05, 0.1) is 5.52 Å². The van der Waals surface area contributed by atoms with E-state index in [1.165, 1.54) is 5.12 Å². The number of rotatable bonds is 6. The fourth-order valence-corrected chi connectivity index (χ4v) is 3.55. The number of hydrazone groups is 2. The zero-order chi connectivity index (χ0) is 20.4. The number of carbonyl (C=O) groups is 1. The minimum absolute atomic E-state index is 0.00522. The molecule has 0 fully saturated rings. The van der Waals surface area contributed by atoms with E-state index in [0.29, 0.717) is 30.9 Å². The summed E-state index contributed by atoms with van der Waals surface area (Å²) in [6.45, 7) is 4.51. The van der Waals surface area contributed by atoms with Crippen LogP contribution in [0.4, 0.5) is 0 Å². The van der Waals surface area contributed by atoms with E-state index in [-0.39, 0.29) is 5.91 Å². The van der Waals surface area contributed by atoms with Crippen LogP contribution in [-0.2, 0) is 13.0 Å². The molecule has 0 spiro atoms. The number of amides is 1. The third-order valence-electron chi connectivity index (χ3n) is 5.07. The Labute approximate surface area is 169 Å². The fraction of sp³-hybridized carbons (Fsp3) is 0.182. The van der Waals surface area contributed by atoms with Crippen LogP contribution < -0.4 is 5.73 Å². The van der Waals surface area contributed by atoms with E-state index in [1.807, 2.05) is 53.4 Å². The average Bonchev–Trinajstić information content (AvgIpc) is 3.07. The Morgan fingerprint density at radius 2 is 2.03 bits per heavy atom. The summed E-state index contributed by atoms with van der Waals surface area (Å²) in [5.74, 6) is 0.313. The first-order chi connectivity index (χ1) is 14.1. The van der Waals surface area contributed by atoms with Gasteiger partial charge in [0.15, 0.2) is 5.84 Å². The van der Waals surface area contributed by atoms with Gasteiger partial charge in [0.2, 0.25) is 0 Å². The maximum absolute atomic E-state index is 12.9. The number of fused-ring (bicyclic) bond motifs is 2. The lowest BCUT2D eigenvalue weighted by atomic mass is 10.0. The van der Waals surface area contributed by atoms with Crippen molar-refractivity contribution < 1.29 is 4.79 Å². The molecular formula is C22H22N6O. The van der Waals surface area contributed by atoms with Gasteiger partial charge in [-0.05, 0) is 23.8 Å². The molecule has 4 rings (SSSR count). The van der Waals surface area contributed by atoms with Crippen molar-refractivity contribution in [3.8, 4) is 0 Å². The second kappa shape index (κ2) is 7.71. The number of benzene rings is 2. The molecule has 2 N–H and O–H groups in total. The predicted octanol–water partition coefficient (Wildman–Crippen LogP) is 2.60. The average molecular weight is 386 g/mol. The molecule has 1 amide bonds. The van der Waals surface area contributed by atoms with Gasteiger partial charge in [-0.25, -0.2) is 0 Å². The van der Waals surface area contributed by atoms with Crippen LogP contribution in [0.15, 0.2) is 64.8 Å². The molecule has 1 aromatic heterocycles. The summed E-state index contributed by atoms with van der Waals surface area (Å²) in [5.41, 5.74) is 10.4. The quantitative estimate of drug-likeness (QED) is 0.401. The van der Waals surface area contributed by atoms with E-state index < -0.39 is 0 Å². The van der Waals surface area contributed by atoms with Gasteiger partial charge >= 0.3 is 0 Å². The van der Waals surface area contributed by atoms with E-state index in [4.69, 9.17) is 10.7 Å². The second-order valence-corrected chi connectivity index (χ2v) is 6.92. The highest BCUT2D eigenvalue weighted by Gasteiger charge is 2.29. The van der Waals surface area contributed by atoms with Gasteiger partial charge in [-0.3, -0.25) is 9.78 Å². The van der Waals surface area contributed by atoms with Gasteiger partial charge in [0.1, 0.15) is 0 Å². The minimum Gasteiger partial charge on any atom is -0.382 e. The molecule has 0 aliphatic carbocycles. The van der Waals surface area contributed by atoms with Crippen LogP contribution in [0.25, 0.3) is 10.9 Å². The third kappa shape index (κ3) is 3.67. The van der Waals surface area contributed by atoms with Crippen molar-refractivity contribution in [2.75, 3.05) is 13.6 Å². The molecule has 0 bridgehead atoms. The van der Waals surface area contributed by atoms with Crippen LogP contribution in [0.1, 0.15) is 27.2 Å². The maximum Gasteiger partial charge on any atom is 0.254 e. The van der Waals surface area contributed by atoms with E-state index in [2.05, 4.69) is 23.0 Å². The van der Waals surface area contributed by atoms with Crippen LogP contribution in [-0.4, -0.2) is 47.1 Å². The molecule has 2 aromatic carbocycles. The number of carbonyl (C=O) groups excluding carboxylic acids is 1. The zero-order valence-corrected chi connectivity index (χ0v) is 16.2. The Morgan fingerprint density at radius 3 is 2.86 bits per heavy atom. The summed E-state index contributed by atoms with van der Waals surface area (Å²) in [7, 11) is 1.65. The molecule has 7 heteroatoms. The predicted molar refractivity (Wildman–Crippen MR) is 115 cm³/mol. The Morgan fingerprint density at radius 1 is 1.21 bits per heavy atom. The first-order valence-electron chi connectivity index (χ1n) is 9.37. The number of para-hydroxylation sites is 1. The molecule has 0 saturated carbocycles. The van der Waals surface area contributed by atoms with Crippen LogP contribution in [0.5, 0.6) is 0 Å². The van der Waals surface area contributed by atoms with Crippen molar-refractivity contribution in [2.45, 2.75) is 13.0 Å². The molecule has 1 aliphatic rings. The summed E-state index contributed by atoms with van der Waals surface area (Å²) in [5, 5.41) is 10.3. The van der Waals surface area contributed by atoms with Gasteiger partial charge in [-0.15, -0.1) is 5.10 Å². The molecule has 146 valence electrons. The number of amidine groups is 1. The van der Waals surface area contributed by atoms with Gasteiger partial charge in [-0.2, -0.15) is 10.2 Å². The van der Waals surface area contributed by atoms with Crippen molar-refractivity contribution in [3.63, 3.8) is 0 Å². The Balaban J connectivity index is 1.52. The van der Waals surface area contributed by atoms with Crippen LogP contribution in [0.2, 0.25) is 0 Å². The second-order valence-electron chi connectivity index (χ2n) is 6.92. The Kier molecular flexibility index (Phi) is 4.95. The normalized spacial score (nSPS) is 13.6.